The Kier molecular flexibility index (Phi) is 5.94. The third kappa shape index (κ3) is 4.87. The minimum atomic E-state index is -4.71. The lowest BCUT2D eigenvalue weighted by Gasteiger charge is -2.33. The van der Waals surface area contributed by atoms with Crippen molar-refractivity contribution in [3.05, 3.63) is 58.5 Å². The summed E-state index contributed by atoms with van der Waals surface area (Å²) in [6.45, 7) is -0.421. The van der Waals surface area contributed by atoms with Crippen molar-refractivity contribution in [1.29, 1.82) is 0 Å². The van der Waals surface area contributed by atoms with E-state index in [0.29, 0.717) is 29.3 Å². The molecule has 1 aliphatic rings. The summed E-state index contributed by atoms with van der Waals surface area (Å²) in [4.78, 5) is 10.7. The van der Waals surface area contributed by atoms with Crippen LogP contribution in [0.1, 0.15) is 35.8 Å². The molecule has 0 unspecified atom stereocenters. The highest BCUT2D eigenvalue weighted by molar-refractivity contribution is 6.32. The highest BCUT2D eigenvalue weighted by Crippen LogP contribution is 2.48. The number of aromatic amines is 1. The Labute approximate surface area is 188 Å². The van der Waals surface area contributed by atoms with Crippen LogP contribution in [0.25, 0.3) is 11.3 Å². The van der Waals surface area contributed by atoms with E-state index in [0.717, 1.165) is 0 Å². The third-order valence-electron chi connectivity index (χ3n) is 5.20. The minimum Gasteiger partial charge on any atom is -0.496 e. The summed E-state index contributed by atoms with van der Waals surface area (Å²) in [5.74, 6) is -3.42. The molecule has 2 heterocycles. The van der Waals surface area contributed by atoms with Crippen LogP contribution in [0.3, 0.4) is 0 Å². The summed E-state index contributed by atoms with van der Waals surface area (Å²) >= 11 is 6.23. The maximum Gasteiger partial charge on any atom is 0.417 e. The molecule has 0 bridgehead atoms. The zero-order valence-electron chi connectivity index (χ0n) is 16.9. The van der Waals surface area contributed by atoms with Gasteiger partial charge in [-0.1, -0.05) is 11.6 Å². The van der Waals surface area contributed by atoms with E-state index in [1.807, 2.05) is 0 Å². The van der Waals surface area contributed by atoms with Crippen molar-refractivity contribution in [2.24, 2.45) is 0 Å². The molecule has 12 heteroatoms. The van der Waals surface area contributed by atoms with Gasteiger partial charge in [-0.2, -0.15) is 13.2 Å². The van der Waals surface area contributed by atoms with Crippen molar-refractivity contribution in [2.75, 3.05) is 7.11 Å². The molecule has 1 N–H and O–H groups in total. The molecule has 0 saturated heterocycles. The average molecular weight is 492 g/mol. The van der Waals surface area contributed by atoms with Gasteiger partial charge in [-0.15, -0.1) is 0 Å². The molecule has 1 saturated carbocycles. The molecule has 33 heavy (non-hydrogen) atoms. The molecule has 0 aliphatic heterocycles. The summed E-state index contributed by atoms with van der Waals surface area (Å²) in [5.41, 5.74) is -0.734. The van der Waals surface area contributed by atoms with E-state index in [1.165, 1.54) is 19.2 Å². The van der Waals surface area contributed by atoms with Crippen LogP contribution >= 0.6 is 11.6 Å². The molecular formula is C21H16ClF6N3O2. The fraction of sp³-hybridized carbons (Fsp3) is 0.333. The van der Waals surface area contributed by atoms with Gasteiger partial charge in [0.2, 0.25) is 5.92 Å². The van der Waals surface area contributed by atoms with E-state index in [4.69, 9.17) is 21.1 Å². The highest BCUT2D eigenvalue weighted by atomic mass is 35.5. The van der Waals surface area contributed by atoms with Crippen LogP contribution in [0.2, 0.25) is 5.15 Å². The van der Waals surface area contributed by atoms with Gasteiger partial charge in [-0.3, -0.25) is 4.98 Å². The number of ether oxygens (including phenoxy) is 2. The number of pyridine rings is 1. The minimum absolute atomic E-state index is 0.156. The summed E-state index contributed by atoms with van der Waals surface area (Å²) in [6, 6.07) is 4.87. The Morgan fingerprint density at radius 1 is 1.21 bits per heavy atom. The summed E-state index contributed by atoms with van der Waals surface area (Å²) in [5, 5.41) is 0.156. The number of hydrogen-bond donors (Lipinski definition) is 1. The highest BCUT2D eigenvalue weighted by Gasteiger charge is 2.47. The van der Waals surface area contributed by atoms with E-state index in [-0.39, 0.29) is 35.2 Å². The maximum atomic E-state index is 14.0. The van der Waals surface area contributed by atoms with Gasteiger partial charge in [-0.25, -0.2) is 18.2 Å². The number of nitrogens with zero attached hydrogens (tertiary/aromatic N) is 2. The van der Waals surface area contributed by atoms with Crippen molar-refractivity contribution in [3.63, 3.8) is 0 Å². The number of rotatable bonds is 6. The Morgan fingerprint density at radius 3 is 2.55 bits per heavy atom. The molecule has 1 fully saturated rings. The summed E-state index contributed by atoms with van der Waals surface area (Å²) in [6.07, 6.45) is -4.80. The van der Waals surface area contributed by atoms with Crippen molar-refractivity contribution >= 4 is 11.6 Å². The quantitative estimate of drug-likeness (QED) is 0.406. The van der Waals surface area contributed by atoms with Crippen LogP contribution < -0.4 is 9.47 Å². The molecule has 2 aromatic heterocycles. The standard InChI is InChI=1S/C21H16ClF6N3O2/c1-32-16-5-12(33-9-15-14(23)4-11(8-29-15)21(26,27)28)2-3-13(16)17-18(22)31-19(30-17)10-6-20(24,25)7-10/h2-5,8,10H,6-7,9H2,1H3,(H,30,31). The Bertz CT molecular complexity index is 1170. The zero-order valence-corrected chi connectivity index (χ0v) is 17.7. The van der Waals surface area contributed by atoms with Gasteiger partial charge in [0.15, 0.2) is 0 Å². The number of nitrogens with one attached hydrogen (secondary N) is 1. The maximum absolute atomic E-state index is 14.0. The lowest BCUT2D eigenvalue weighted by atomic mass is 9.81. The first-order chi connectivity index (χ1) is 15.5. The van der Waals surface area contributed by atoms with Gasteiger partial charge in [0.05, 0.1) is 12.7 Å². The van der Waals surface area contributed by atoms with E-state index in [9.17, 15) is 26.3 Å². The van der Waals surface area contributed by atoms with Crippen LogP contribution in [-0.4, -0.2) is 28.0 Å². The van der Waals surface area contributed by atoms with Crippen LogP contribution in [0.4, 0.5) is 26.3 Å². The number of alkyl halides is 5. The number of benzene rings is 1. The van der Waals surface area contributed by atoms with E-state index >= 15 is 0 Å². The summed E-state index contributed by atoms with van der Waals surface area (Å²) in [7, 11) is 1.38. The molecular weight excluding hydrogens is 476 g/mol. The lowest BCUT2D eigenvalue weighted by Crippen LogP contribution is -2.34. The summed E-state index contributed by atoms with van der Waals surface area (Å²) < 4.78 is 89.0. The smallest absolute Gasteiger partial charge is 0.417 e. The molecule has 0 atom stereocenters. The number of hydrogen-bond acceptors (Lipinski definition) is 4. The van der Waals surface area contributed by atoms with Gasteiger partial charge >= 0.3 is 6.18 Å². The average Bonchev–Trinajstić information content (AvgIpc) is 3.11. The Balaban J connectivity index is 1.51. The van der Waals surface area contributed by atoms with Crippen molar-refractivity contribution in [1.82, 2.24) is 15.0 Å². The number of imidazole rings is 1. The van der Waals surface area contributed by atoms with Crippen molar-refractivity contribution in [3.8, 4) is 22.8 Å². The second kappa shape index (κ2) is 8.44. The number of methoxy groups -OCH3 is 1. The second-order valence-electron chi connectivity index (χ2n) is 7.55. The molecule has 4 rings (SSSR count). The predicted octanol–water partition coefficient (Wildman–Crippen LogP) is 6.38. The van der Waals surface area contributed by atoms with Gasteiger partial charge in [0, 0.05) is 36.6 Å². The van der Waals surface area contributed by atoms with Crippen LogP contribution in [0.15, 0.2) is 30.5 Å². The van der Waals surface area contributed by atoms with Crippen LogP contribution in [0.5, 0.6) is 11.5 Å². The molecule has 0 spiro atoms. The molecule has 3 aromatic rings. The SMILES string of the molecule is COc1cc(OCc2ncc(C(F)(F)F)cc2F)ccc1-c1nc(C2CC(F)(F)C2)[nH]c1Cl. The first kappa shape index (κ1) is 23.2. The third-order valence-corrected chi connectivity index (χ3v) is 5.48. The van der Waals surface area contributed by atoms with E-state index in [2.05, 4.69) is 15.0 Å². The first-order valence-corrected chi connectivity index (χ1v) is 10.0. The largest absolute Gasteiger partial charge is 0.496 e. The Morgan fingerprint density at radius 2 is 1.94 bits per heavy atom. The molecule has 1 aliphatic carbocycles. The van der Waals surface area contributed by atoms with Crippen LogP contribution in [0, 0.1) is 5.82 Å². The van der Waals surface area contributed by atoms with Crippen molar-refractivity contribution in [2.45, 2.75) is 37.5 Å². The molecule has 0 amide bonds. The molecule has 0 radical (unpaired) electrons. The normalized spacial score (nSPS) is 15.9. The van der Waals surface area contributed by atoms with Crippen LogP contribution in [-0.2, 0) is 12.8 Å². The number of H-pyrrole nitrogens is 1. The van der Waals surface area contributed by atoms with Gasteiger partial charge < -0.3 is 14.5 Å². The van der Waals surface area contributed by atoms with E-state index in [1.54, 1.807) is 6.07 Å². The number of halogens is 7. The fourth-order valence-electron chi connectivity index (χ4n) is 3.43. The van der Waals surface area contributed by atoms with Crippen molar-refractivity contribution < 1.29 is 35.8 Å². The monoisotopic (exact) mass is 491 g/mol. The Hall–Kier alpha value is -2.95. The topological polar surface area (TPSA) is 60.0 Å². The fourth-order valence-corrected chi connectivity index (χ4v) is 3.67. The molecule has 5 nitrogen and oxygen atoms in total. The first-order valence-electron chi connectivity index (χ1n) is 9.63. The van der Waals surface area contributed by atoms with Gasteiger partial charge in [0.25, 0.3) is 0 Å². The molecule has 176 valence electrons. The number of aromatic nitrogens is 3. The van der Waals surface area contributed by atoms with E-state index < -0.39 is 36.0 Å². The second-order valence-corrected chi connectivity index (χ2v) is 7.92. The lowest BCUT2D eigenvalue weighted by molar-refractivity contribution is -0.138. The van der Waals surface area contributed by atoms with Gasteiger partial charge in [0.1, 0.15) is 46.3 Å². The van der Waals surface area contributed by atoms with Gasteiger partial charge in [-0.05, 0) is 18.2 Å². The zero-order chi connectivity index (χ0) is 24.0. The predicted molar refractivity (Wildman–Crippen MR) is 106 cm³/mol. The molecule has 1 aromatic carbocycles.